The number of urea groups is 1. The van der Waals surface area contributed by atoms with E-state index < -0.39 is 5.97 Å². The van der Waals surface area contributed by atoms with Gasteiger partial charge in [-0.25, -0.2) is 4.79 Å². The predicted octanol–water partition coefficient (Wildman–Crippen LogP) is 1.01. The summed E-state index contributed by atoms with van der Waals surface area (Å²) >= 11 is 0. The number of carboxylic acids is 1. The standard InChI is InChI=1S/C13H18N2O4/c1-19-11-4-2-10(3-5-11)6-8-14-13(18)15-9-7-12(16)17/h2-5H,6-9H2,1H3,(H,16,17)(H2,14,15,18). The van der Waals surface area contributed by atoms with Gasteiger partial charge in [0.05, 0.1) is 13.5 Å². The number of rotatable bonds is 7. The molecule has 1 aromatic carbocycles. The van der Waals surface area contributed by atoms with Gasteiger partial charge in [0.25, 0.3) is 0 Å². The van der Waals surface area contributed by atoms with Crippen molar-refractivity contribution in [3.8, 4) is 5.75 Å². The molecule has 0 saturated heterocycles. The van der Waals surface area contributed by atoms with Crippen molar-refractivity contribution < 1.29 is 19.4 Å². The van der Waals surface area contributed by atoms with E-state index in [-0.39, 0.29) is 19.0 Å². The lowest BCUT2D eigenvalue weighted by Gasteiger charge is -2.07. The Balaban J connectivity index is 2.18. The number of aliphatic carboxylic acids is 1. The van der Waals surface area contributed by atoms with Gasteiger partial charge in [-0.05, 0) is 24.1 Å². The normalized spacial score (nSPS) is 9.74. The number of ether oxygens (including phenoxy) is 1. The van der Waals surface area contributed by atoms with Gasteiger partial charge in [-0.15, -0.1) is 0 Å². The van der Waals surface area contributed by atoms with Crippen LogP contribution in [-0.2, 0) is 11.2 Å². The van der Waals surface area contributed by atoms with Gasteiger partial charge in [0.2, 0.25) is 0 Å². The van der Waals surface area contributed by atoms with Crippen molar-refractivity contribution >= 4 is 12.0 Å². The Morgan fingerprint density at radius 1 is 1.16 bits per heavy atom. The topological polar surface area (TPSA) is 87.7 Å². The molecule has 0 unspecified atom stereocenters. The Bertz CT molecular complexity index is 417. The Hall–Kier alpha value is -2.24. The summed E-state index contributed by atoms with van der Waals surface area (Å²) in [6, 6.07) is 7.24. The average molecular weight is 266 g/mol. The smallest absolute Gasteiger partial charge is 0.314 e. The molecule has 0 saturated carbocycles. The number of hydrogen-bond donors (Lipinski definition) is 3. The Morgan fingerprint density at radius 3 is 2.37 bits per heavy atom. The number of hydrogen-bond acceptors (Lipinski definition) is 3. The Labute approximate surface area is 111 Å². The molecule has 0 bridgehead atoms. The fourth-order valence-corrected chi connectivity index (χ4v) is 1.46. The molecule has 0 heterocycles. The zero-order valence-corrected chi connectivity index (χ0v) is 10.8. The van der Waals surface area contributed by atoms with Crippen LogP contribution < -0.4 is 15.4 Å². The molecule has 0 spiro atoms. The van der Waals surface area contributed by atoms with E-state index >= 15 is 0 Å². The largest absolute Gasteiger partial charge is 0.497 e. The van der Waals surface area contributed by atoms with Gasteiger partial charge in [-0.3, -0.25) is 4.79 Å². The molecule has 1 rings (SSSR count). The van der Waals surface area contributed by atoms with Crippen LogP contribution in [0.5, 0.6) is 5.75 Å². The number of amides is 2. The van der Waals surface area contributed by atoms with Crippen molar-refractivity contribution in [2.24, 2.45) is 0 Å². The lowest BCUT2D eigenvalue weighted by molar-refractivity contribution is -0.136. The molecular weight excluding hydrogens is 248 g/mol. The van der Waals surface area contributed by atoms with E-state index in [1.54, 1.807) is 7.11 Å². The highest BCUT2D eigenvalue weighted by Gasteiger charge is 2.01. The quantitative estimate of drug-likeness (QED) is 0.687. The monoisotopic (exact) mass is 266 g/mol. The van der Waals surface area contributed by atoms with E-state index in [4.69, 9.17) is 9.84 Å². The van der Waals surface area contributed by atoms with Crippen LogP contribution in [0, 0.1) is 0 Å². The van der Waals surface area contributed by atoms with Crippen molar-refractivity contribution in [3.05, 3.63) is 29.8 Å². The Morgan fingerprint density at radius 2 is 1.79 bits per heavy atom. The molecule has 104 valence electrons. The molecule has 0 aromatic heterocycles. The van der Waals surface area contributed by atoms with E-state index in [9.17, 15) is 9.59 Å². The number of carboxylic acid groups (broad SMARTS) is 1. The van der Waals surface area contributed by atoms with Crippen LogP contribution in [0.1, 0.15) is 12.0 Å². The molecule has 19 heavy (non-hydrogen) atoms. The third kappa shape index (κ3) is 6.30. The SMILES string of the molecule is COc1ccc(CCNC(=O)NCCC(=O)O)cc1. The minimum absolute atomic E-state index is 0.0775. The number of carbonyl (C=O) groups is 2. The highest BCUT2D eigenvalue weighted by molar-refractivity contribution is 5.74. The number of carbonyl (C=O) groups excluding carboxylic acids is 1. The van der Waals surface area contributed by atoms with Crippen molar-refractivity contribution in [2.75, 3.05) is 20.2 Å². The summed E-state index contributed by atoms with van der Waals surface area (Å²) in [5, 5.41) is 13.5. The summed E-state index contributed by atoms with van der Waals surface area (Å²) < 4.78 is 5.05. The van der Waals surface area contributed by atoms with Crippen molar-refractivity contribution in [2.45, 2.75) is 12.8 Å². The average Bonchev–Trinajstić information content (AvgIpc) is 2.39. The second-order valence-electron chi connectivity index (χ2n) is 3.92. The first kappa shape index (κ1) is 14.8. The predicted molar refractivity (Wildman–Crippen MR) is 70.4 cm³/mol. The highest BCUT2D eigenvalue weighted by Crippen LogP contribution is 2.11. The molecule has 0 radical (unpaired) electrons. The molecule has 0 atom stereocenters. The molecule has 0 aliphatic carbocycles. The Kier molecular flexibility index (Phi) is 6.21. The minimum Gasteiger partial charge on any atom is -0.497 e. The second-order valence-corrected chi connectivity index (χ2v) is 3.92. The maximum absolute atomic E-state index is 11.3. The number of methoxy groups -OCH3 is 1. The third-order valence-electron chi connectivity index (χ3n) is 2.48. The molecular formula is C13H18N2O4. The zero-order chi connectivity index (χ0) is 14.1. The van der Waals surface area contributed by atoms with Crippen molar-refractivity contribution in [1.29, 1.82) is 0 Å². The first-order valence-electron chi connectivity index (χ1n) is 5.98. The van der Waals surface area contributed by atoms with E-state index in [1.165, 1.54) is 0 Å². The van der Waals surface area contributed by atoms with Gasteiger partial charge in [-0.1, -0.05) is 12.1 Å². The zero-order valence-electron chi connectivity index (χ0n) is 10.8. The summed E-state index contributed by atoms with van der Waals surface area (Å²) in [6.07, 6.45) is 0.627. The fraction of sp³-hybridized carbons (Fsp3) is 0.385. The summed E-state index contributed by atoms with van der Waals surface area (Å²) in [5.41, 5.74) is 1.09. The van der Waals surface area contributed by atoms with E-state index in [0.29, 0.717) is 13.0 Å². The highest BCUT2D eigenvalue weighted by atomic mass is 16.5. The van der Waals surface area contributed by atoms with Crippen LogP contribution in [0.3, 0.4) is 0 Å². The maximum atomic E-state index is 11.3. The lowest BCUT2D eigenvalue weighted by Crippen LogP contribution is -2.37. The molecule has 0 aliphatic rings. The summed E-state index contributed by atoms with van der Waals surface area (Å²) in [4.78, 5) is 21.5. The van der Waals surface area contributed by atoms with E-state index in [0.717, 1.165) is 11.3 Å². The minimum atomic E-state index is -0.932. The molecule has 6 heteroatoms. The van der Waals surface area contributed by atoms with Gasteiger partial charge in [0.1, 0.15) is 5.75 Å². The van der Waals surface area contributed by atoms with Crippen molar-refractivity contribution in [1.82, 2.24) is 10.6 Å². The molecule has 3 N–H and O–H groups in total. The van der Waals surface area contributed by atoms with Gasteiger partial charge >= 0.3 is 12.0 Å². The van der Waals surface area contributed by atoms with Crippen LogP contribution in [-0.4, -0.2) is 37.3 Å². The first-order valence-corrected chi connectivity index (χ1v) is 5.98. The summed E-state index contributed by atoms with van der Waals surface area (Å²) in [7, 11) is 1.61. The van der Waals surface area contributed by atoms with Crippen LogP contribution in [0.15, 0.2) is 24.3 Å². The maximum Gasteiger partial charge on any atom is 0.314 e. The number of benzene rings is 1. The van der Waals surface area contributed by atoms with Gasteiger partial charge in [0.15, 0.2) is 0 Å². The molecule has 2 amide bonds. The van der Waals surface area contributed by atoms with E-state index in [2.05, 4.69) is 10.6 Å². The lowest BCUT2D eigenvalue weighted by atomic mass is 10.1. The van der Waals surface area contributed by atoms with E-state index in [1.807, 2.05) is 24.3 Å². The van der Waals surface area contributed by atoms with Crippen LogP contribution in [0.2, 0.25) is 0 Å². The summed E-state index contributed by atoms with van der Waals surface area (Å²) in [6.45, 7) is 0.620. The molecule has 6 nitrogen and oxygen atoms in total. The van der Waals surface area contributed by atoms with Crippen molar-refractivity contribution in [3.63, 3.8) is 0 Å². The molecule has 0 fully saturated rings. The van der Waals surface area contributed by atoms with Gasteiger partial charge in [0, 0.05) is 13.1 Å². The van der Waals surface area contributed by atoms with Gasteiger partial charge < -0.3 is 20.5 Å². The molecule has 0 aliphatic heterocycles. The fourth-order valence-electron chi connectivity index (χ4n) is 1.46. The van der Waals surface area contributed by atoms with Crippen LogP contribution >= 0.6 is 0 Å². The molecule has 1 aromatic rings. The third-order valence-corrected chi connectivity index (χ3v) is 2.48. The summed E-state index contributed by atoms with van der Waals surface area (Å²) in [5.74, 6) is -0.137. The second kappa shape index (κ2) is 7.97. The van der Waals surface area contributed by atoms with Crippen LogP contribution in [0.4, 0.5) is 4.79 Å². The van der Waals surface area contributed by atoms with Crippen LogP contribution in [0.25, 0.3) is 0 Å². The van der Waals surface area contributed by atoms with Gasteiger partial charge in [-0.2, -0.15) is 0 Å². The number of nitrogens with one attached hydrogen (secondary N) is 2. The first-order chi connectivity index (χ1) is 9.11.